The van der Waals surface area contributed by atoms with Gasteiger partial charge in [0.15, 0.2) is 0 Å². The standard InChI is InChI=1S/C30H41N3O5/c1-4-38-30(37)15-16-31-27(34)20-26(18-23-11-7-5-8-12-23)33-29(36)21-25(17-22(2)3)32-28(35)19-24-13-9-6-10-14-24/h5-14,22,25-26H,4,15-21H2,1-3H3,(H,31,34)(H,32,35)(H,33,36)/t25-,26-/m0/s1. The van der Waals surface area contributed by atoms with Crippen LogP contribution in [-0.4, -0.2) is 48.9 Å². The van der Waals surface area contributed by atoms with Crippen LogP contribution in [0.5, 0.6) is 0 Å². The van der Waals surface area contributed by atoms with E-state index < -0.39 is 6.04 Å². The van der Waals surface area contributed by atoms with Crippen LogP contribution in [0.4, 0.5) is 0 Å². The number of hydrogen-bond donors (Lipinski definition) is 3. The third-order valence-corrected chi connectivity index (χ3v) is 5.84. The zero-order valence-corrected chi connectivity index (χ0v) is 22.7. The number of nitrogens with one attached hydrogen (secondary N) is 3. The van der Waals surface area contributed by atoms with Gasteiger partial charge in [-0.3, -0.25) is 19.2 Å². The minimum Gasteiger partial charge on any atom is -0.466 e. The summed E-state index contributed by atoms with van der Waals surface area (Å²) in [5, 5.41) is 8.75. The molecule has 0 bridgehead atoms. The van der Waals surface area contributed by atoms with Crippen LogP contribution in [0.2, 0.25) is 0 Å². The lowest BCUT2D eigenvalue weighted by Crippen LogP contribution is -2.45. The molecular weight excluding hydrogens is 482 g/mol. The monoisotopic (exact) mass is 523 g/mol. The Balaban J connectivity index is 1.98. The lowest BCUT2D eigenvalue weighted by Gasteiger charge is -2.23. The molecule has 0 heterocycles. The molecule has 2 aromatic rings. The molecule has 0 radical (unpaired) electrons. The van der Waals surface area contributed by atoms with Gasteiger partial charge in [-0.25, -0.2) is 0 Å². The van der Waals surface area contributed by atoms with Crippen LogP contribution >= 0.6 is 0 Å². The minimum atomic E-state index is -0.438. The van der Waals surface area contributed by atoms with Crippen LogP contribution in [0.25, 0.3) is 0 Å². The number of carbonyl (C=O) groups excluding carboxylic acids is 4. The summed E-state index contributed by atoms with van der Waals surface area (Å²) in [7, 11) is 0. The Bertz CT molecular complexity index is 1010. The second-order valence-electron chi connectivity index (χ2n) is 9.82. The van der Waals surface area contributed by atoms with Gasteiger partial charge in [0.25, 0.3) is 0 Å². The van der Waals surface area contributed by atoms with E-state index in [1.54, 1.807) is 6.92 Å². The maximum Gasteiger partial charge on any atom is 0.307 e. The van der Waals surface area contributed by atoms with Crippen LogP contribution in [-0.2, 0) is 36.8 Å². The van der Waals surface area contributed by atoms with Crippen molar-refractivity contribution >= 4 is 23.7 Å². The van der Waals surface area contributed by atoms with E-state index in [4.69, 9.17) is 4.74 Å². The zero-order chi connectivity index (χ0) is 27.8. The Labute approximate surface area is 225 Å². The summed E-state index contributed by atoms with van der Waals surface area (Å²) < 4.78 is 4.88. The normalized spacial score (nSPS) is 12.3. The Morgan fingerprint density at radius 3 is 1.95 bits per heavy atom. The van der Waals surface area contributed by atoms with E-state index in [1.165, 1.54) is 0 Å². The van der Waals surface area contributed by atoms with E-state index in [0.717, 1.165) is 11.1 Å². The van der Waals surface area contributed by atoms with Crippen molar-refractivity contribution in [1.82, 2.24) is 16.0 Å². The molecule has 0 aliphatic carbocycles. The lowest BCUT2D eigenvalue weighted by molar-refractivity contribution is -0.143. The SMILES string of the molecule is CCOC(=O)CCNC(=O)C[C@H](Cc1ccccc1)NC(=O)C[C@H](CC(C)C)NC(=O)Cc1ccccc1. The van der Waals surface area contributed by atoms with Crippen molar-refractivity contribution in [2.45, 2.75) is 71.4 Å². The predicted octanol–water partition coefficient (Wildman–Crippen LogP) is 3.34. The molecule has 0 aliphatic rings. The third-order valence-electron chi connectivity index (χ3n) is 5.84. The predicted molar refractivity (Wildman–Crippen MR) is 147 cm³/mol. The second-order valence-corrected chi connectivity index (χ2v) is 9.82. The molecule has 8 heteroatoms. The fourth-order valence-electron chi connectivity index (χ4n) is 4.24. The van der Waals surface area contributed by atoms with Crippen LogP contribution in [0.15, 0.2) is 60.7 Å². The number of hydrogen-bond acceptors (Lipinski definition) is 5. The summed E-state index contributed by atoms with van der Waals surface area (Å²) in [4.78, 5) is 49.8. The first-order valence-electron chi connectivity index (χ1n) is 13.3. The van der Waals surface area contributed by atoms with Crippen molar-refractivity contribution < 1.29 is 23.9 Å². The topological polar surface area (TPSA) is 114 Å². The van der Waals surface area contributed by atoms with Gasteiger partial charge in [0.05, 0.1) is 19.4 Å². The minimum absolute atomic E-state index is 0.0681. The van der Waals surface area contributed by atoms with Gasteiger partial charge in [0.1, 0.15) is 0 Å². The van der Waals surface area contributed by atoms with Crippen LogP contribution in [0.3, 0.4) is 0 Å². The number of benzene rings is 2. The van der Waals surface area contributed by atoms with Crippen molar-refractivity contribution in [3.8, 4) is 0 Å². The Hall–Kier alpha value is -3.68. The fourth-order valence-corrected chi connectivity index (χ4v) is 4.24. The zero-order valence-electron chi connectivity index (χ0n) is 22.7. The maximum absolute atomic E-state index is 13.1. The average Bonchev–Trinajstić information content (AvgIpc) is 2.84. The van der Waals surface area contributed by atoms with Crippen LogP contribution in [0, 0.1) is 5.92 Å². The Morgan fingerprint density at radius 2 is 1.34 bits per heavy atom. The highest BCUT2D eigenvalue weighted by atomic mass is 16.5. The summed E-state index contributed by atoms with van der Waals surface area (Å²) in [5.41, 5.74) is 1.90. The van der Waals surface area contributed by atoms with E-state index in [1.807, 2.05) is 74.5 Å². The van der Waals surface area contributed by atoms with Crippen molar-refractivity contribution in [2.75, 3.05) is 13.2 Å². The van der Waals surface area contributed by atoms with Gasteiger partial charge in [0, 0.05) is 31.5 Å². The van der Waals surface area contributed by atoms with E-state index >= 15 is 0 Å². The summed E-state index contributed by atoms with van der Waals surface area (Å²) in [6.45, 7) is 6.30. The number of carbonyl (C=O) groups is 4. The van der Waals surface area contributed by atoms with Crippen LogP contribution < -0.4 is 16.0 Å². The van der Waals surface area contributed by atoms with Gasteiger partial charge in [-0.1, -0.05) is 74.5 Å². The molecule has 0 unspecified atom stereocenters. The molecule has 2 aromatic carbocycles. The number of amides is 3. The quantitative estimate of drug-likeness (QED) is 0.292. The summed E-state index contributed by atoms with van der Waals surface area (Å²) in [5.74, 6) is -0.694. The smallest absolute Gasteiger partial charge is 0.307 e. The van der Waals surface area contributed by atoms with Crippen molar-refractivity contribution in [3.05, 3.63) is 71.8 Å². The molecule has 0 saturated carbocycles. The molecule has 38 heavy (non-hydrogen) atoms. The molecule has 0 fully saturated rings. The third kappa shape index (κ3) is 13.0. The van der Waals surface area contributed by atoms with Crippen molar-refractivity contribution in [1.29, 1.82) is 0 Å². The van der Waals surface area contributed by atoms with Gasteiger partial charge in [-0.15, -0.1) is 0 Å². The van der Waals surface area contributed by atoms with Gasteiger partial charge in [0.2, 0.25) is 17.7 Å². The summed E-state index contributed by atoms with van der Waals surface area (Å²) in [6.07, 6.45) is 1.67. The summed E-state index contributed by atoms with van der Waals surface area (Å²) >= 11 is 0. The molecule has 8 nitrogen and oxygen atoms in total. The van der Waals surface area contributed by atoms with E-state index in [2.05, 4.69) is 16.0 Å². The van der Waals surface area contributed by atoms with Gasteiger partial charge < -0.3 is 20.7 Å². The highest BCUT2D eigenvalue weighted by Crippen LogP contribution is 2.11. The van der Waals surface area contributed by atoms with Gasteiger partial charge in [-0.05, 0) is 36.8 Å². The Kier molecular flexibility index (Phi) is 13.6. The molecule has 2 rings (SSSR count). The first kappa shape index (κ1) is 30.5. The van der Waals surface area contributed by atoms with E-state index in [0.29, 0.717) is 19.4 Å². The molecular formula is C30H41N3O5. The van der Waals surface area contributed by atoms with E-state index in [9.17, 15) is 19.2 Å². The number of ether oxygens (including phenoxy) is 1. The first-order valence-corrected chi connectivity index (χ1v) is 13.3. The molecule has 0 aliphatic heterocycles. The number of rotatable bonds is 16. The van der Waals surface area contributed by atoms with Crippen LogP contribution in [0.1, 0.15) is 57.6 Å². The highest BCUT2D eigenvalue weighted by molar-refractivity contribution is 5.82. The molecule has 0 saturated heterocycles. The molecule has 3 N–H and O–H groups in total. The molecule has 2 atom stereocenters. The lowest BCUT2D eigenvalue weighted by atomic mass is 9.99. The molecule has 206 valence electrons. The second kappa shape index (κ2) is 16.9. The van der Waals surface area contributed by atoms with Crippen molar-refractivity contribution in [3.63, 3.8) is 0 Å². The van der Waals surface area contributed by atoms with Gasteiger partial charge >= 0.3 is 5.97 Å². The Morgan fingerprint density at radius 1 is 0.763 bits per heavy atom. The molecule has 3 amide bonds. The highest BCUT2D eigenvalue weighted by Gasteiger charge is 2.22. The van der Waals surface area contributed by atoms with E-state index in [-0.39, 0.29) is 67.9 Å². The van der Waals surface area contributed by atoms with Crippen molar-refractivity contribution in [2.24, 2.45) is 5.92 Å². The van der Waals surface area contributed by atoms with Gasteiger partial charge in [-0.2, -0.15) is 0 Å². The molecule has 0 spiro atoms. The average molecular weight is 524 g/mol. The summed E-state index contributed by atoms with van der Waals surface area (Å²) in [6, 6.07) is 18.4. The first-order chi connectivity index (χ1) is 18.2. The number of esters is 1. The molecule has 0 aromatic heterocycles. The maximum atomic E-state index is 13.1. The largest absolute Gasteiger partial charge is 0.466 e. The fraction of sp³-hybridized carbons (Fsp3) is 0.467.